The van der Waals surface area contributed by atoms with Crippen molar-refractivity contribution in [3.05, 3.63) is 29.8 Å². The summed E-state index contributed by atoms with van der Waals surface area (Å²) in [6, 6.07) is 7.68. The molecule has 1 amide bonds. The third-order valence-corrected chi connectivity index (χ3v) is 2.99. The standard InChI is InChI=1S/C16H26N4O2/c1-5-9-18-16(17-2)19-11-13-7-6-8-14(10-13)22-12-15(21)20(3)4/h6-8,10H,5,9,11-12H2,1-4H3,(H2,17,18,19). The van der Waals surface area contributed by atoms with E-state index in [2.05, 4.69) is 22.5 Å². The number of carbonyl (C=O) groups excluding carboxylic acids is 1. The van der Waals surface area contributed by atoms with Crippen LogP contribution in [0.25, 0.3) is 0 Å². The van der Waals surface area contributed by atoms with Gasteiger partial charge in [-0.25, -0.2) is 0 Å². The summed E-state index contributed by atoms with van der Waals surface area (Å²) in [5.41, 5.74) is 1.06. The molecule has 6 heteroatoms. The molecule has 0 aliphatic rings. The number of rotatable bonds is 7. The summed E-state index contributed by atoms with van der Waals surface area (Å²) in [6.45, 7) is 3.68. The second-order valence-corrected chi connectivity index (χ2v) is 5.08. The molecule has 0 heterocycles. The van der Waals surface area contributed by atoms with Gasteiger partial charge >= 0.3 is 0 Å². The third kappa shape index (κ3) is 6.47. The Kier molecular flexibility index (Phi) is 7.81. The van der Waals surface area contributed by atoms with Gasteiger partial charge in [-0.15, -0.1) is 0 Å². The summed E-state index contributed by atoms with van der Waals surface area (Å²) in [5, 5.41) is 6.45. The summed E-state index contributed by atoms with van der Waals surface area (Å²) in [6.07, 6.45) is 1.05. The summed E-state index contributed by atoms with van der Waals surface area (Å²) < 4.78 is 5.50. The molecule has 0 spiro atoms. The van der Waals surface area contributed by atoms with Crippen LogP contribution in [0.5, 0.6) is 5.75 Å². The number of hydrogen-bond acceptors (Lipinski definition) is 3. The van der Waals surface area contributed by atoms with Crippen LogP contribution in [-0.4, -0.2) is 51.1 Å². The van der Waals surface area contributed by atoms with E-state index in [-0.39, 0.29) is 12.5 Å². The van der Waals surface area contributed by atoms with Crippen molar-refractivity contribution in [3.8, 4) is 5.75 Å². The van der Waals surface area contributed by atoms with Gasteiger partial charge in [-0.2, -0.15) is 0 Å². The zero-order chi connectivity index (χ0) is 16.4. The van der Waals surface area contributed by atoms with Crippen LogP contribution in [0.3, 0.4) is 0 Å². The normalized spacial score (nSPS) is 11.0. The number of guanidine groups is 1. The van der Waals surface area contributed by atoms with Gasteiger partial charge in [0.05, 0.1) is 0 Å². The zero-order valence-corrected chi connectivity index (χ0v) is 13.8. The number of ether oxygens (including phenoxy) is 1. The van der Waals surface area contributed by atoms with E-state index in [1.165, 1.54) is 4.90 Å². The molecule has 1 aromatic carbocycles. The Bertz CT molecular complexity index is 501. The molecule has 0 atom stereocenters. The van der Waals surface area contributed by atoms with Gasteiger partial charge in [0.15, 0.2) is 12.6 Å². The monoisotopic (exact) mass is 306 g/mol. The first kappa shape index (κ1) is 17.8. The molecule has 0 radical (unpaired) electrons. The minimum absolute atomic E-state index is 0.0452. The highest BCUT2D eigenvalue weighted by molar-refractivity contribution is 5.79. The predicted octanol–water partition coefficient (Wildman–Crippen LogP) is 1.23. The van der Waals surface area contributed by atoms with Crippen LogP contribution in [0.4, 0.5) is 0 Å². The first-order chi connectivity index (χ1) is 10.6. The fraction of sp³-hybridized carbons (Fsp3) is 0.500. The Hall–Kier alpha value is -2.24. The van der Waals surface area contributed by atoms with E-state index in [4.69, 9.17) is 4.74 Å². The number of nitrogens with zero attached hydrogens (tertiary/aromatic N) is 2. The van der Waals surface area contributed by atoms with Gasteiger partial charge in [0.1, 0.15) is 5.75 Å². The summed E-state index contributed by atoms with van der Waals surface area (Å²) in [4.78, 5) is 17.2. The maximum Gasteiger partial charge on any atom is 0.259 e. The molecule has 2 N–H and O–H groups in total. The molecule has 0 saturated carbocycles. The van der Waals surface area contributed by atoms with E-state index >= 15 is 0 Å². The number of nitrogens with one attached hydrogen (secondary N) is 2. The number of aliphatic imine (C=N–C) groups is 1. The van der Waals surface area contributed by atoms with Gasteiger partial charge < -0.3 is 20.3 Å². The molecule has 0 saturated heterocycles. The average Bonchev–Trinajstić information content (AvgIpc) is 2.53. The van der Waals surface area contributed by atoms with Gasteiger partial charge in [0.2, 0.25) is 0 Å². The molecular formula is C16H26N4O2. The third-order valence-electron chi connectivity index (χ3n) is 2.99. The lowest BCUT2D eigenvalue weighted by molar-refractivity contribution is -0.130. The van der Waals surface area contributed by atoms with Crippen molar-refractivity contribution in [2.75, 3.05) is 34.3 Å². The van der Waals surface area contributed by atoms with Crippen molar-refractivity contribution in [1.82, 2.24) is 15.5 Å². The Balaban J connectivity index is 2.51. The van der Waals surface area contributed by atoms with Crippen molar-refractivity contribution in [2.45, 2.75) is 19.9 Å². The van der Waals surface area contributed by atoms with E-state index in [1.807, 2.05) is 24.3 Å². The number of amides is 1. The highest BCUT2D eigenvalue weighted by Gasteiger charge is 2.05. The Morgan fingerprint density at radius 3 is 2.73 bits per heavy atom. The molecule has 1 aromatic rings. The maximum absolute atomic E-state index is 11.5. The fourth-order valence-corrected chi connectivity index (χ4v) is 1.67. The van der Waals surface area contributed by atoms with E-state index in [0.29, 0.717) is 12.3 Å². The molecule has 0 aliphatic carbocycles. The van der Waals surface area contributed by atoms with Crippen LogP contribution in [0.2, 0.25) is 0 Å². The van der Waals surface area contributed by atoms with Gasteiger partial charge in [-0.3, -0.25) is 9.79 Å². The minimum atomic E-state index is -0.0623. The lowest BCUT2D eigenvalue weighted by Gasteiger charge is -2.13. The van der Waals surface area contributed by atoms with E-state index < -0.39 is 0 Å². The summed E-state index contributed by atoms with van der Waals surface area (Å²) >= 11 is 0. The summed E-state index contributed by atoms with van der Waals surface area (Å²) in [7, 11) is 5.17. The molecule has 22 heavy (non-hydrogen) atoms. The SMILES string of the molecule is CCCNC(=NC)NCc1cccc(OCC(=O)N(C)C)c1. The number of carbonyl (C=O) groups is 1. The molecule has 122 valence electrons. The van der Waals surface area contributed by atoms with E-state index in [1.54, 1.807) is 21.1 Å². The highest BCUT2D eigenvalue weighted by atomic mass is 16.5. The molecule has 0 fully saturated rings. The smallest absolute Gasteiger partial charge is 0.259 e. The molecule has 0 unspecified atom stereocenters. The van der Waals surface area contributed by atoms with Crippen LogP contribution >= 0.6 is 0 Å². The minimum Gasteiger partial charge on any atom is -0.484 e. The number of likely N-dealkylation sites (N-methyl/N-ethyl adjacent to an activating group) is 1. The van der Waals surface area contributed by atoms with Crippen molar-refractivity contribution in [2.24, 2.45) is 4.99 Å². The van der Waals surface area contributed by atoms with Crippen LogP contribution in [0.1, 0.15) is 18.9 Å². The quantitative estimate of drug-likeness (QED) is 0.587. The lowest BCUT2D eigenvalue weighted by atomic mass is 10.2. The second kappa shape index (κ2) is 9.65. The second-order valence-electron chi connectivity index (χ2n) is 5.08. The predicted molar refractivity (Wildman–Crippen MR) is 89.1 cm³/mol. The van der Waals surface area contributed by atoms with Crippen LogP contribution < -0.4 is 15.4 Å². The molecule has 1 rings (SSSR count). The Morgan fingerprint density at radius 2 is 2.09 bits per heavy atom. The van der Waals surface area contributed by atoms with Gasteiger partial charge in [-0.1, -0.05) is 19.1 Å². The Morgan fingerprint density at radius 1 is 1.32 bits per heavy atom. The molecule has 0 aliphatic heterocycles. The molecular weight excluding hydrogens is 280 g/mol. The average molecular weight is 306 g/mol. The Labute approximate surface area is 132 Å². The largest absolute Gasteiger partial charge is 0.484 e. The maximum atomic E-state index is 11.5. The van der Waals surface area contributed by atoms with Gasteiger partial charge in [-0.05, 0) is 24.1 Å². The van der Waals surface area contributed by atoms with Crippen molar-refractivity contribution in [1.29, 1.82) is 0 Å². The highest BCUT2D eigenvalue weighted by Crippen LogP contribution is 2.13. The van der Waals surface area contributed by atoms with Gasteiger partial charge in [0.25, 0.3) is 5.91 Å². The number of benzene rings is 1. The van der Waals surface area contributed by atoms with E-state index in [9.17, 15) is 4.79 Å². The molecule has 0 bridgehead atoms. The van der Waals surface area contributed by atoms with Crippen molar-refractivity contribution in [3.63, 3.8) is 0 Å². The van der Waals surface area contributed by atoms with Crippen molar-refractivity contribution >= 4 is 11.9 Å². The fourth-order valence-electron chi connectivity index (χ4n) is 1.67. The molecule has 0 aromatic heterocycles. The summed E-state index contributed by atoms with van der Waals surface area (Å²) in [5.74, 6) is 1.40. The molecule has 6 nitrogen and oxygen atoms in total. The first-order valence-electron chi connectivity index (χ1n) is 7.43. The topological polar surface area (TPSA) is 66.0 Å². The van der Waals surface area contributed by atoms with Gasteiger partial charge in [0, 0.05) is 34.2 Å². The van der Waals surface area contributed by atoms with E-state index in [0.717, 1.165) is 24.5 Å². The van der Waals surface area contributed by atoms with Crippen LogP contribution in [0, 0.1) is 0 Å². The first-order valence-corrected chi connectivity index (χ1v) is 7.43. The van der Waals surface area contributed by atoms with Crippen LogP contribution in [0.15, 0.2) is 29.3 Å². The zero-order valence-electron chi connectivity index (χ0n) is 13.8. The van der Waals surface area contributed by atoms with Crippen LogP contribution in [-0.2, 0) is 11.3 Å². The van der Waals surface area contributed by atoms with Crippen molar-refractivity contribution < 1.29 is 9.53 Å². The lowest BCUT2D eigenvalue weighted by Crippen LogP contribution is -2.37. The number of hydrogen-bond donors (Lipinski definition) is 2.